The minimum absolute atomic E-state index is 0.539. The van der Waals surface area contributed by atoms with Crippen LogP contribution < -0.4 is 0 Å². The van der Waals surface area contributed by atoms with Crippen molar-refractivity contribution in [2.24, 2.45) is 5.92 Å². The Balaban J connectivity index is 1.71. The summed E-state index contributed by atoms with van der Waals surface area (Å²) in [7, 11) is 0. The van der Waals surface area contributed by atoms with Gasteiger partial charge in [-0.3, -0.25) is 0 Å². The lowest BCUT2D eigenvalue weighted by Crippen LogP contribution is -2.40. The molecule has 4 heteroatoms. The van der Waals surface area contributed by atoms with Gasteiger partial charge in [0.15, 0.2) is 0 Å². The average Bonchev–Trinajstić information content (AvgIpc) is 2.80. The number of nitrogens with zero attached hydrogens (tertiary/aromatic N) is 2. The van der Waals surface area contributed by atoms with E-state index < -0.39 is 0 Å². The molecule has 0 radical (unpaired) electrons. The first-order valence-electron chi connectivity index (χ1n) is 6.92. The van der Waals surface area contributed by atoms with E-state index in [1.807, 2.05) is 0 Å². The number of rotatable bonds is 5. The number of hydrogen-bond acceptors (Lipinski definition) is 3. The zero-order valence-corrected chi connectivity index (χ0v) is 12.9. The van der Waals surface area contributed by atoms with Crippen LogP contribution in [0, 0.1) is 5.92 Å². The fourth-order valence-corrected chi connectivity index (χ4v) is 3.82. The quantitative estimate of drug-likeness (QED) is 0.762. The highest BCUT2D eigenvalue weighted by Gasteiger charge is 2.22. The predicted octanol–water partition coefficient (Wildman–Crippen LogP) is 3.93. The maximum atomic E-state index is 5.76. The number of halogens is 1. The number of alkyl halides is 1. The summed E-state index contributed by atoms with van der Waals surface area (Å²) >= 11 is 7.51. The van der Waals surface area contributed by atoms with E-state index in [1.165, 1.54) is 37.4 Å². The molecule has 2 heterocycles. The number of likely N-dealkylation sites (tertiary alicyclic amines) is 1. The molecule has 1 saturated heterocycles. The van der Waals surface area contributed by atoms with Crippen LogP contribution in [0.2, 0.25) is 0 Å². The number of thiazole rings is 1. The normalized spacial score (nSPS) is 25.5. The molecule has 1 aliphatic rings. The molecule has 0 bridgehead atoms. The van der Waals surface area contributed by atoms with E-state index in [1.54, 1.807) is 11.3 Å². The summed E-state index contributed by atoms with van der Waals surface area (Å²) in [5, 5.41) is 3.32. The second-order valence-corrected chi connectivity index (χ2v) is 6.69. The molecule has 1 aromatic heterocycles. The monoisotopic (exact) mass is 286 g/mol. The number of hydrogen-bond donors (Lipinski definition) is 0. The van der Waals surface area contributed by atoms with Gasteiger partial charge in [0, 0.05) is 17.8 Å². The summed E-state index contributed by atoms with van der Waals surface area (Å²) in [6.07, 6.45) is 5.03. The minimum atomic E-state index is 0.539. The molecule has 1 fully saturated rings. The first-order valence-corrected chi connectivity index (χ1v) is 8.33. The Bertz CT molecular complexity index is 366. The lowest BCUT2D eigenvalue weighted by atomic mass is 9.93. The van der Waals surface area contributed by atoms with Gasteiger partial charge in [0.2, 0.25) is 0 Å². The fourth-order valence-electron chi connectivity index (χ4n) is 2.75. The van der Waals surface area contributed by atoms with Crippen LogP contribution in [0.3, 0.4) is 0 Å². The molecule has 2 nitrogen and oxygen atoms in total. The van der Waals surface area contributed by atoms with Gasteiger partial charge in [-0.1, -0.05) is 6.92 Å². The third-order valence-electron chi connectivity index (χ3n) is 3.85. The summed E-state index contributed by atoms with van der Waals surface area (Å²) in [6, 6.07) is 0.753. The largest absolute Gasteiger partial charge is 0.301 e. The Morgan fingerprint density at radius 3 is 3.00 bits per heavy atom. The van der Waals surface area contributed by atoms with Gasteiger partial charge in [-0.05, 0) is 45.2 Å². The Kier molecular flexibility index (Phi) is 5.46. The van der Waals surface area contributed by atoms with Crippen LogP contribution in [0.15, 0.2) is 5.38 Å². The van der Waals surface area contributed by atoms with E-state index in [0.29, 0.717) is 5.88 Å². The second kappa shape index (κ2) is 6.88. The van der Waals surface area contributed by atoms with Crippen LogP contribution in [0.4, 0.5) is 0 Å². The molecule has 1 aliphatic heterocycles. The van der Waals surface area contributed by atoms with Crippen LogP contribution in [-0.4, -0.2) is 29.0 Å². The molecule has 0 amide bonds. The van der Waals surface area contributed by atoms with Gasteiger partial charge in [-0.25, -0.2) is 4.98 Å². The maximum Gasteiger partial charge on any atom is 0.0929 e. The molecule has 18 heavy (non-hydrogen) atoms. The summed E-state index contributed by atoms with van der Waals surface area (Å²) in [5.74, 6) is 1.44. The van der Waals surface area contributed by atoms with Gasteiger partial charge in [0.05, 0.1) is 16.6 Å². The lowest BCUT2D eigenvalue weighted by Gasteiger charge is -2.36. The lowest BCUT2D eigenvalue weighted by molar-refractivity contribution is 0.128. The average molecular weight is 287 g/mol. The van der Waals surface area contributed by atoms with E-state index in [0.717, 1.165) is 24.1 Å². The summed E-state index contributed by atoms with van der Waals surface area (Å²) in [4.78, 5) is 7.15. The van der Waals surface area contributed by atoms with E-state index in [4.69, 9.17) is 11.6 Å². The van der Waals surface area contributed by atoms with Crippen molar-refractivity contribution in [2.45, 2.75) is 51.5 Å². The Labute approximate surface area is 119 Å². The van der Waals surface area contributed by atoms with Crippen LogP contribution in [0.5, 0.6) is 0 Å². The van der Waals surface area contributed by atoms with Crippen molar-refractivity contribution in [1.29, 1.82) is 0 Å². The molecule has 2 unspecified atom stereocenters. The Morgan fingerprint density at radius 1 is 1.50 bits per heavy atom. The van der Waals surface area contributed by atoms with Crippen molar-refractivity contribution in [3.05, 3.63) is 16.1 Å². The van der Waals surface area contributed by atoms with Crippen LogP contribution >= 0.6 is 22.9 Å². The van der Waals surface area contributed by atoms with Crippen molar-refractivity contribution < 1.29 is 0 Å². The maximum absolute atomic E-state index is 5.76. The molecule has 0 N–H and O–H groups in total. The standard InChI is InChI=1S/C14H23ClN2S/c1-11-5-7-17(12(2)8-11)6-3-4-14-16-13(9-15)10-18-14/h10-12H,3-9H2,1-2H3. The molecular formula is C14H23ClN2S. The van der Waals surface area contributed by atoms with E-state index in [-0.39, 0.29) is 0 Å². The van der Waals surface area contributed by atoms with Gasteiger partial charge >= 0.3 is 0 Å². The van der Waals surface area contributed by atoms with E-state index in [2.05, 4.69) is 29.1 Å². The molecule has 0 aliphatic carbocycles. The number of aromatic nitrogens is 1. The smallest absolute Gasteiger partial charge is 0.0929 e. The van der Waals surface area contributed by atoms with Crippen molar-refractivity contribution >= 4 is 22.9 Å². The van der Waals surface area contributed by atoms with Gasteiger partial charge < -0.3 is 4.90 Å². The molecule has 2 atom stereocenters. The van der Waals surface area contributed by atoms with Crippen molar-refractivity contribution in [2.75, 3.05) is 13.1 Å². The molecular weight excluding hydrogens is 264 g/mol. The summed E-state index contributed by atoms with van der Waals surface area (Å²) in [5.41, 5.74) is 1.02. The molecule has 0 saturated carbocycles. The number of piperidine rings is 1. The molecule has 0 aromatic carbocycles. The highest BCUT2D eigenvalue weighted by Crippen LogP contribution is 2.22. The van der Waals surface area contributed by atoms with Crippen LogP contribution in [0.25, 0.3) is 0 Å². The summed E-state index contributed by atoms with van der Waals surface area (Å²) < 4.78 is 0. The molecule has 2 rings (SSSR count). The Hall–Kier alpha value is -0.120. The SMILES string of the molecule is CC1CCN(CCCc2nc(CCl)cs2)C(C)C1. The van der Waals surface area contributed by atoms with Crippen LogP contribution in [0.1, 0.15) is 43.8 Å². The van der Waals surface area contributed by atoms with Crippen molar-refractivity contribution in [1.82, 2.24) is 9.88 Å². The zero-order valence-electron chi connectivity index (χ0n) is 11.4. The van der Waals surface area contributed by atoms with Crippen molar-refractivity contribution in [3.63, 3.8) is 0 Å². The fraction of sp³-hybridized carbons (Fsp3) is 0.786. The Morgan fingerprint density at radius 2 is 2.33 bits per heavy atom. The summed E-state index contributed by atoms with van der Waals surface area (Å²) in [6.45, 7) is 7.22. The third-order valence-corrected chi connectivity index (χ3v) is 5.08. The van der Waals surface area contributed by atoms with Crippen LogP contribution in [-0.2, 0) is 12.3 Å². The highest BCUT2D eigenvalue weighted by atomic mass is 35.5. The zero-order chi connectivity index (χ0) is 13.0. The molecule has 102 valence electrons. The molecule has 0 spiro atoms. The minimum Gasteiger partial charge on any atom is -0.301 e. The second-order valence-electron chi connectivity index (χ2n) is 5.48. The highest BCUT2D eigenvalue weighted by molar-refractivity contribution is 7.09. The first kappa shape index (κ1) is 14.3. The number of aryl methyl sites for hydroxylation is 1. The van der Waals surface area contributed by atoms with Gasteiger partial charge in [0.25, 0.3) is 0 Å². The van der Waals surface area contributed by atoms with Gasteiger partial charge in [-0.2, -0.15) is 0 Å². The van der Waals surface area contributed by atoms with E-state index >= 15 is 0 Å². The van der Waals surface area contributed by atoms with Crippen molar-refractivity contribution in [3.8, 4) is 0 Å². The third kappa shape index (κ3) is 3.94. The predicted molar refractivity (Wildman–Crippen MR) is 79.4 cm³/mol. The topological polar surface area (TPSA) is 16.1 Å². The first-order chi connectivity index (χ1) is 8.69. The van der Waals surface area contributed by atoms with E-state index in [9.17, 15) is 0 Å². The van der Waals surface area contributed by atoms with Gasteiger partial charge in [-0.15, -0.1) is 22.9 Å². The molecule has 1 aromatic rings. The van der Waals surface area contributed by atoms with Gasteiger partial charge in [0.1, 0.15) is 0 Å².